The second-order valence-electron chi connectivity index (χ2n) is 3.47. The van der Waals surface area contributed by atoms with Crippen LogP contribution in [0.2, 0.25) is 10.0 Å². The molecule has 0 aliphatic rings. The van der Waals surface area contributed by atoms with Crippen LogP contribution in [0.25, 0.3) is 11.1 Å². The molecule has 0 amide bonds. The lowest BCUT2D eigenvalue weighted by molar-refractivity contribution is 0.282. The Labute approximate surface area is 104 Å². The highest BCUT2D eigenvalue weighted by Gasteiger charge is 2.05. The van der Waals surface area contributed by atoms with Crippen molar-refractivity contribution in [2.24, 2.45) is 0 Å². The zero-order valence-corrected chi connectivity index (χ0v) is 9.96. The van der Waals surface area contributed by atoms with Crippen LogP contribution < -0.4 is 0 Å². The van der Waals surface area contributed by atoms with Crippen LogP contribution in [0.5, 0.6) is 0 Å². The Morgan fingerprint density at radius 1 is 0.938 bits per heavy atom. The quantitative estimate of drug-likeness (QED) is 0.852. The first-order valence-electron chi connectivity index (χ1n) is 4.86. The summed E-state index contributed by atoms with van der Waals surface area (Å²) in [5.41, 5.74) is 2.73. The molecular weight excluding hydrogens is 243 g/mol. The van der Waals surface area contributed by atoms with E-state index in [-0.39, 0.29) is 6.61 Å². The third-order valence-corrected chi connectivity index (χ3v) is 2.80. The molecule has 0 saturated heterocycles. The van der Waals surface area contributed by atoms with Crippen LogP contribution in [-0.2, 0) is 6.61 Å². The second-order valence-corrected chi connectivity index (χ2v) is 4.35. The predicted octanol–water partition coefficient (Wildman–Crippen LogP) is 4.15. The van der Waals surface area contributed by atoms with Crippen molar-refractivity contribution in [2.75, 3.05) is 0 Å². The standard InChI is InChI=1S/C13H10Cl2O/c14-11-5-10(6-12(15)7-11)13-4-2-1-3-9(13)8-16/h1-7,16H,8H2. The number of hydrogen-bond acceptors (Lipinski definition) is 1. The van der Waals surface area contributed by atoms with Gasteiger partial charge < -0.3 is 5.11 Å². The minimum absolute atomic E-state index is 0.000303. The maximum Gasteiger partial charge on any atom is 0.0687 e. The van der Waals surface area contributed by atoms with E-state index >= 15 is 0 Å². The van der Waals surface area contributed by atoms with Crippen molar-refractivity contribution in [3.05, 3.63) is 58.1 Å². The zero-order chi connectivity index (χ0) is 11.5. The van der Waals surface area contributed by atoms with Crippen molar-refractivity contribution in [3.8, 4) is 11.1 Å². The van der Waals surface area contributed by atoms with E-state index in [1.165, 1.54) is 0 Å². The summed E-state index contributed by atoms with van der Waals surface area (Å²) in [6.07, 6.45) is 0. The van der Waals surface area contributed by atoms with Crippen molar-refractivity contribution in [1.29, 1.82) is 0 Å². The molecule has 0 aliphatic heterocycles. The molecule has 0 aromatic heterocycles. The molecule has 0 bridgehead atoms. The van der Waals surface area contributed by atoms with Gasteiger partial charge in [0.15, 0.2) is 0 Å². The third-order valence-electron chi connectivity index (χ3n) is 2.36. The third kappa shape index (κ3) is 2.38. The number of aliphatic hydroxyl groups is 1. The highest BCUT2D eigenvalue weighted by molar-refractivity contribution is 6.35. The fourth-order valence-corrected chi connectivity index (χ4v) is 2.18. The molecule has 0 fully saturated rings. The van der Waals surface area contributed by atoms with E-state index in [2.05, 4.69) is 0 Å². The monoisotopic (exact) mass is 252 g/mol. The maximum atomic E-state index is 9.25. The number of benzene rings is 2. The lowest BCUT2D eigenvalue weighted by atomic mass is 10.0. The second kappa shape index (κ2) is 4.88. The normalized spacial score (nSPS) is 10.4. The van der Waals surface area contributed by atoms with Gasteiger partial charge in [-0.05, 0) is 34.9 Å². The van der Waals surface area contributed by atoms with Gasteiger partial charge in [-0.2, -0.15) is 0 Å². The van der Waals surface area contributed by atoms with Crippen molar-refractivity contribution < 1.29 is 5.11 Å². The van der Waals surface area contributed by atoms with Crippen molar-refractivity contribution in [2.45, 2.75) is 6.61 Å². The highest BCUT2D eigenvalue weighted by atomic mass is 35.5. The topological polar surface area (TPSA) is 20.2 Å². The summed E-state index contributed by atoms with van der Waals surface area (Å²) in [6.45, 7) is 0.000303. The fraction of sp³-hybridized carbons (Fsp3) is 0.0769. The van der Waals surface area contributed by atoms with Crippen molar-refractivity contribution in [1.82, 2.24) is 0 Å². The smallest absolute Gasteiger partial charge is 0.0687 e. The van der Waals surface area contributed by atoms with Gasteiger partial charge in [-0.15, -0.1) is 0 Å². The predicted molar refractivity (Wildman–Crippen MR) is 67.8 cm³/mol. The van der Waals surface area contributed by atoms with E-state index in [9.17, 15) is 5.11 Å². The molecule has 0 radical (unpaired) electrons. The molecule has 0 atom stereocenters. The van der Waals surface area contributed by atoms with Gasteiger partial charge in [0.2, 0.25) is 0 Å². The zero-order valence-electron chi connectivity index (χ0n) is 8.45. The van der Waals surface area contributed by atoms with E-state index in [0.717, 1.165) is 16.7 Å². The fourth-order valence-electron chi connectivity index (χ4n) is 1.65. The molecule has 2 rings (SSSR count). The summed E-state index contributed by atoms with van der Waals surface area (Å²) in [4.78, 5) is 0. The average molecular weight is 253 g/mol. The van der Waals surface area contributed by atoms with Crippen LogP contribution in [0.4, 0.5) is 0 Å². The van der Waals surface area contributed by atoms with Crippen LogP contribution >= 0.6 is 23.2 Å². The lowest BCUT2D eigenvalue weighted by Crippen LogP contribution is -1.88. The largest absolute Gasteiger partial charge is 0.392 e. The van der Waals surface area contributed by atoms with Gasteiger partial charge in [0.05, 0.1) is 6.61 Å². The number of halogens is 2. The van der Waals surface area contributed by atoms with Gasteiger partial charge in [0, 0.05) is 10.0 Å². The Hall–Kier alpha value is -1.02. The molecular formula is C13H10Cl2O. The molecule has 2 aromatic rings. The van der Waals surface area contributed by atoms with Gasteiger partial charge in [0.1, 0.15) is 0 Å². The Morgan fingerprint density at radius 3 is 2.19 bits per heavy atom. The average Bonchev–Trinajstić information content (AvgIpc) is 2.27. The molecule has 3 heteroatoms. The summed E-state index contributed by atoms with van der Waals surface area (Å²) in [7, 11) is 0. The summed E-state index contributed by atoms with van der Waals surface area (Å²) in [5.74, 6) is 0. The van der Waals surface area contributed by atoms with Crippen molar-refractivity contribution >= 4 is 23.2 Å². The van der Waals surface area contributed by atoms with Gasteiger partial charge in [0.25, 0.3) is 0 Å². The Kier molecular flexibility index (Phi) is 3.49. The van der Waals surface area contributed by atoms with Crippen LogP contribution in [0.1, 0.15) is 5.56 Å². The highest BCUT2D eigenvalue weighted by Crippen LogP contribution is 2.29. The van der Waals surface area contributed by atoms with Gasteiger partial charge in [-0.1, -0.05) is 47.5 Å². The number of aliphatic hydroxyl groups excluding tert-OH is 1. The minimum Gasteiger partial charge on any atom is -0.392 e. The molecule has 0 aliphatic carbocycles. The Bertz CT molecular complexity index is 489. The van der Waals surface area contributed by atoms with Gasteiger partial charge in [-0.3, -0.25) is 0 Å². The lowest BCUT2D eigenvalue weighted by Gasteiger charge is -2.08. The van der Waals surface area contributed by atoms with Gasteiger partial charge in [-0.25, -0.2) is 0 Å². The molecule has 1 N–H and O–H groups in total. The minimum atomic E-state index is 0.000303. The molecule has 82 valence electrons. The Morgan fingerprint density at radius 2 is 1.56 bits per heavy atom. The summed E-state index contributed by atoms with van der Waals surface area (Å²) >= 11 is 11.9. The first kappa shape index (κ1) is 11.5. The van der Waals surface area contributed by atoms with E-state index in [4.69, 9.17) is 23.2 Å². The van der Waals surface area contributed by atoms with E-state index < -0.39 is 0 Å². The molecule has 0 heterocycles. The summed E-state index contributed by atoms with van der Waals surface area (Å²) in [6, 6.07) is 13.0. The molecule has 16 heavy (non-hydrogen) atoms. The van der Waals surface area contributed by atoms with E-state index in [0.29, 0.717) is 10.0 Å². The summed E-state index contributed by atoms with van der Waals surface area (Å²) in [5, 5.41) is 10.4. The van der Waals surface area contributed by atoms with Crippen molar-refractivity contribution in [3.63, 3.8) is 0 Å². The SMILES string of the molecule is OCc1ccccc1-c1cc(Cl)cc(Cl)c1. The molecule has 1 nitrogen and oxygen atoms in total. The molecule has 0 unspecified atom stereocenters. The van der Waals surface area contributed by atoms with Crippen LogP contribution in [0, 0.1) is 0 Å². The molecule has 0 spiro atoms. The van der Waals surface area contributed by atoms with Crippen LogP contribution in [0.15, 0.2) is 42.5 Å². The maximum absolute atomic E-state index is 9.25. The van der Waals surface area contributed by atoms with E-state index in [1.54, 1.807) is 6.07 Å². The number of hydrogen-bond donors (Lipinski definition) is 1. The first-order chi connectivity index (χ1) is 7.70. The molecule has 0 saturated carbocycles. The van der Waals surface area contributed by atoms with Crippen LogP contribution in [0.3, 0.4) is 0 Å². The first-order valence-corrected chi connectivity index (χ1v) is 5.61. The summed E-state index contributed by atoms with van der Waals surface area (Å²) < 4.78 is 0. The molecule has 2 aromatic carbocycles. The van der Waals surface area contributed by atoms with Crippen LogP contribution in [-0.4, -0.2) is 5.11 Å². The number of rotatable bonds is 2. The van der Waals surface area contributed by atoms with E-state index in [1.807, 2.05) is 36.4 Å². The Balaban J connectivity index is 2.58. The van der Waals surface area contributed by atoms with Gasteiger partial charge >= 0.3 is 0 Å².